The number of rotatable bonds is 6. The summed E-state index contributed by atoms with van der Waals surface area (Å²) >= 11 is 0. The van der Waals surface area contributed by atoms with Crippen molar-refractivity contribution in [2.45, 2.75) is 0 Å². The van der Waals surface area contributed by atoms with E-state index >= 15 is 0 Å². The first-order chi connectivity index (χ1) is 25.7. The molecule has 2 aliphatic rings. The molecule has 2 N–H and O–H groups in total. The van der Waals surface area contributed by atoms with Gasteiger partial charge >= 0.3 is 0 Å². The van der Waals surface area contributed by atoms with Crippen LogP contribution in [0.25, 0.3) is 45.1 Å². The Kier molecular flexibility index (Phi) is 9.57. The van der Waals surface area contributed by atoms with Crippen LogP contribution in [-0.4, -0.2) is 97.5 Å². The van der Waals surface area contributed by atoms with E-state index in [-0.39, 0.29) is 5.56 Å². The van der Waals surface area contributed by atoms with E-state index in [4.69, 9.17) is 19.4 Å². The molecule has 2 saturated heterocycles. The molecule has 2 fully saturated rings. The number of ether oxygens (including phenoxy) is 2. The van der Waals surface area contributed by atoms with Crippen molar-refractivity contribution < 1.29 is 9.47 Å². The van der Waals surface area contributed by atoms with E-state index in [1.165, 1.54) is 0 Å². The summed E-state index contributed by atoms with van der Waals surface area (Å²) in [7, 11) is 0. The highest BCUT2D eigenvalue weighted by atomic mass is 16.5. The molecule has 15 nitrogen and oxygen atoms in total. The van der Waals surface area contributed by atoms with Gasteiger partial charge in [0.15, 0.2) is 28.8 Å². The lowest BCUT2D eigenvalue weighted by Crippen LogP contribution is -2.38. The molecule has 0 radical (unpaired) electrons. The number of hydrogen-bond donors (Lipinski definition) is 2. The maximum absolute atomic E-state index is 11.8. The lowest BCUT2D eigenvalue weighted by molar-refractivity contribution is 0.122. The molecule has 52 heavy (non-hydrogen) atoms. The van der Waals surface area contributed by atoms with Crippen molar-refractivity contribution >= 4 is 45.1 Å². The van der Waals surface area contributed by atoms with Crippen LogP contribution in [0.1, 0.15) is 0 Å². The predicted octanol–water partition coefficient (Wildman–Crippen LogP) is 4.28. The fourth-order valence-corrected chi connectivity index (χ4v) is 5.95. The third kappa shape index (κ3) is 7.21. The van der Waals surface area contributed by atoms with Gasteiger partial charge in [0.05, 0.1) is 54.8 Å². The van der Waals surface area contributed by atoms with Crippen molar-refractivity contribution in [3.63, 3.8) is 0 Å². The van der Waals surface area contributed by atoms with E-state index in [9.17, 15) is 4.79 Å². The number of pyridine rings is 5. The fraction of sp³-hybridized carbons (Fsp3) is 0.216. The number of aromatic nitrogens is 9. The minimum absolute atomic E-state index is 0.205. The van der Waals surface area contributed by atoms with Crippen LogP contribution in [0, 0.1) is 0 Å². The molecule has 0 atom stereocenters. The number of morpholine rings is 2. The van der Waals surface area contributed by atoms with Crippen molar-refractivity contribution in [3.8, 4) is 23.0 Å². The monoisotopic (exact) mass is 694 g/mol. The summed E-state index contributed by atoms with van der Waals surface area (Å²) in [5, 5.41) is 4.89. The first kappa shape index (κ1) is 32.7. The summed E-state index contributed by atoms with van der Waals surface area (Å²) in [5.41, 5.74) is 4.08. The van der Waals surface area contributed by atoms with Gasteiger partial charge < -0.3 is 29.6 Å². The largest absolute Gasteiger partial charge is 0.378 e. The van der Waals surface area contributed by atoms with Gasteiger partial charge in [-0.25, -0.2) is 29.9 Å². The normalized spacial score (nSPS) is 14.5. The third-order valence-electron chi connectivity index (χ3n) is 8.55. The van der Waals surface area contributed by atoms with E-state index in [0.29, 0.717) is 72.0 Å². The Morgan fingerprint density at radius 2 is 1.27 bits per heavy atom. The van der Waals surface area contributed by atoms with Gasteiger partial charge in [0, 0.05) is 51.0 Å². The van der Waals surface area contributed by atoms with Crippen LogP contribution in [0.2, 0.25) is 0 Å². The van der Waals surface area contributed by atoms with Gasteiger partial charge in [-0.1, -0.05) is 12.1 Å². The molecule has 7 aromatic rings. The highest BCUT2D eigenvalue weighted by Gasteiger charge is 2.21. The van der Waals surface area contributed by atoms with Crippen LogP contribution in [0.4, 0.5) is 23.0 Å². The maximum atomic E-state index is 11.8. The SMILES string of the molecule is O=c1[nH]c(-c2ccccn2)nc2ncccc12.c1ccc(-c2nc(Nc3cc(N4CCOCC4)cnc3N3CCOCC3)c3cccnc3n2)nc1. The molecule has 7 aromatic heterocycles. The summed E-state index contributed by atoms with van der Waals surface area (Å²) in [5.74, 6) is 2.49. The van der Waals surface area contributed by atoms with Gasteiger partial charge in [0.1, 0.15) is 17.2 Å². The second-order valence-corrected chi connectivity index (χ2v) is 11.9. The maximum Gasteiger partial charge on any atom is 0.260 e. The first-order valence-electron chi connectivity index (χ1n) is 16.9. The predicted molar refractivity (Wildman–Crippen MR) is 198 cm³/mol. The van der Waals surface area contributed by atoms with Crippen molar-refractivity contribution in [2.75, 3.05) is 67.7 Å². The number of aromatic amines is 1. The summed E-state index contributed by atoms with van der Waals surface area (Å²) in [6.45, 7) is 6.01. The molecule has 0 saturated carbocycles. The standard InChI is InChI=1S/C25H26N8O2.C12H8N4O/c1-2-6-26-20(5-1)24-30-22-19(4-3-7-27-22)23(31-24)29-21-16-18(32-8-12-34-13-9-32)17-28-25(21)33-10-14-35-15-11-33;17-12-8-4-3-7-14-10(8)15-11(16-12)9-5-1-2-6-13-9/h1-7,16-17H,8-15H2,(H,27,29,30,31);1-7H,(H,14,15,16,17). The molecule has 2 aliphatic heterocycles. The average Bonchev–Trinajstić information content (AvgIpc) is 3.22. The van der Waals surface area contributed by atoms with Gasteiger partial charge in [-0.05, 0) is 54.6 Å². The molecule has 0 spiro atoms. The topological polar surface area (TPSA) is 173 Å². The van der Waals surface area contributed by atoms with Gasteiger partial charge in [-0.2, -0.15) is 0 Å². The van der Waals surface area contributed by atoms with Gasteiger partial charge in [-0.15, -0.1) is 0 Å². The van der Waals surface area contributed by atoms with E-state index < -0.39 is 0 Å². The van der Waals surface area contributed by atoms with Crippen molar-refractivity contribution in [1.29, 1.82) is 0 Å². The summed E-state index contributed by atoms with van der Waals surface area (Å²) in [6, 6.07) is 20.5. The van der Waals surface area contributed by atoms with Crippen molar-refractivity contribution in [3.05, 3.63) is 108 Å². The number of nitrogens with zero attached hydrogens (tertiary/aromatic N) is 10. The van der Waals surface area contributed by atoms with Crippen LogP contribution < -0.4 is 20.7 Å². The second-order valence-electron chi connectivity index (χ2n) is 11.9. The van der Waals surface area contributed by atoms with Crippen LogP contribution >= 0.6 is 0 Å². The highest BCUT2D eigenvalue weighted by molar-refractivity contribution is 5.91. The Labute approximate surface area is 297 Å². The molecule has 0 bridgehead atoms. The number of fused-ring (bicyclic) bond motifs is 2. The summed E-state index contributed by atoms with van der Waals surface area (Å²) in [4.78, 5) is 54.9. The molecule has 0 aromatic carbocycles. The highest BCUT2D eigenvalue weighted by Crippen LogP contribution is 2.33. The van der Waals surface area contributed by atoms with Crippen molar-refractivity contribution in [1.82, 2.24) is 44.9 Å². The molecule has 9 heterocycles. The first-order valence-corrected chi connectivity index (χ1v) is 16.9. The molecular weight excluding hydrogens is 660 g/mol. The molecular formula is C37H34N12O3. The second kappa shape index (κ2) is 15.2. The Bertz CT molecular complexity index is 2350. The zero-order valence-corrected chi connectivity index (χ0v) is 28.1. The number of nitrogens with one attached hydrogen (secondary N) is 2. The number of hydrogen-bond acceptors (Lipinski definition) is 14. The van der Waals surface area contributed by atoms with E-state index in [0.717, 1.165) is 48.8 Å². The van der Waals surface area contributed by atoms with Crippen LogP contribution in [0.5, 0.6) is 0 Å². The third-order valence-corrected chi connectivity index (χ3v) is 8.55. The Morgan fingerprint density at radius 3 is 1.96 bits per heavy atom. The van der Waals surface area contributed by atoms with E-state index in [1.807, 2.05) is 42.6 Å². The molecule has 0 amide bonds. The van der Waals surface area contributed by atoms with E-state index in [2.05, 4.69) is 56.1 Å². The Hall–Kier alpha value is -6.45. The molecule has 9 rings (SSSR count). The van der Waals surface area contributed by atoms with Crippen LogP contribution in [-0.2, 0) is 9.47 Å². The summed E-state index contributed by atoms with van der Waals surface area (Å²) in [6.07, 6.45) is 8.68. The van der Waals surface area contributed by atoms with Gasteiger partial charge in [0.2, 0.25) is 0 Å². The van der Waals surface area contributed by atoms with Gasteiger partial charge in [-0.3, -0.25) is 14.8 Å². The van der Waals surface area contributed by atoms with E-state index in [1.54, 1.807) is 49.1 Å². The van der Waals surface area contributed by atoms with Gasteiger partial charge in [0.25, 0.3) is 5.56 Å². The van der Waals surface area contributed by atoms with Crippen LogP contribution in [0.15, 0.2) is 103 Å². The zero-order chi connectivity index (χ0) is 35.1. The lowest BCUT2D eigenvalue weighted by Gasteiger charge is -2.32. The Morgan fingerprint density at radius 1 is 0.635 bits per heavy atom. The molecule has 260 valence electrons. The zero-order valence-electron chi connectivity index (χ0n) is 28.1. The minimum Gasteiger partial charge on any atom is -0.378 e. The number of anilines is 4. The minimum atomic E-state index is -0.205. The lowest BCUT2D eigenvalue weighted by atomic mass is 10.2. The smallest absolute Gasteiger partial charge is 0.260 e. The van der Waals surface area contributed by atoms with Crippen molar-refractivity contribution in [2.24, 2.45) is 0 Å². The fourth-order valence-electron chi connectivity index (χ4n) is 5.95. The average molecular weight is 695 g/mol. The molecule has 0 aliphatic carbocycles. The molecule has 15 heteroatoms. The molecule has 0 unspecified atom stereocenters. The quantitative estimate of drug-likeness (QED) is 0.253. The van der Waals surface area contributed by atoms with Crippen LogP contribution in [0.3, 0.4) is 0 Å². The number of H-pyrrole nitrogens is 1. The summed E-state index contributed by atoms with van der Waals surface area (Å²) < 4.78 is 11.1. The Balaban J connectivity index is 0.000000190.